The molecule has 26 heavy (non-hydrogen) atoms. The minimum atomic E-state index is -0.328. The average molecular weight is 442 g/mol. The van der Waals surface area contributed by atoms with Crippen LogP contribution in [-0.4, -0.2) is 53.4 Å². The van der Waals surface area contributed by atoms with Gasteiger partial charge in [-0.05, 0) is 24.3 Å². The lowest BCUT2D eigenvalue weighted by molar-refractivity contribution is -0.133. The van der Waals surface area contributed by atoms with E-state index in [0.29, 0.717) is 37.6 Å². The van der Waals surface area contributed by atoms with E-state index in [1.54, 1.807) is 30.3 Å². The van der Waals surface area contributed by atoms with E-state index >= 15 is 0 Å². The Bertz CT molecular complexity index is 848. The number of amides is 1. The highest BCUT2D eigenvalue weighted by Gasteiger charge is 2.24. The summed E-state index contributed by atoms with van der Waals surface area (Å²) >= 11 is 9.50. The zero-order valence-corrected chi connectivity index (χ0v) is 16.5. The minimum absolute atomic E-state index is 0.00414. The van der Waals surface area contributed by atoms with Crippen LogP contribution in [0.4, 0.5) is 5.69 Å². The molecule has 1 aliphatic rings. The summed E-state index contributed by atoms with van der Waals surface area (Å²) in [6.07, 6.45) is 1.58. The molecule has 138 valence electrons. The van der Waals surface area contributed by atoms with E-state index in [-0.39, 0.29) is 23.1 Å². The van der Waals surface area contributed by atoms with Crippen LogP contribution in [0.15, 0.2) is 39.7 Å². The number of hydrogen-bond donors (Lipinski definition) is 0. The quantitative estimate of drug-likeness (QED) is 0.725. The van der Waals surface area contributed by atoms with Crippen molar-refractivity contribution in [3.8, 4) is 5.75 Å². The normalized spacial score (nSPS) is 14.4. The summed E-state index contributed by atoms with van der Waals surface area (Å²) in [7, 11) is 1.56. The zero-order valence-electron chi connectivity index (χ0n) is 14.2. The third kappa shape index (κ3) is 4.19. The van der Waals surface area contributed by atoms with Crippen LogP contribution in [0, 0.1) is 0 Å². The van der Waals surface area contributed by atoms with Crippen molar-refractivity contribution in [1.82, 2.24) is 14.7 Å². The Balaban J connectivity index is 1.55. The van der Waals surface area contributed by atoms with Crippen molar-refractivity contribution in [2.45, 2.75) is 0 Å². The molecule has 2 heterocycles. The summed E-state index contributed by atoms with van der Waals surface area (Å²) in [4.78, 5) is 27.9. The summed E-state index contributed by atoms with van der Waals surface area (Å²) in [5.41, 5.74) is 0.276. The number of benzene rings is 1. The van der Waals surface area contributed by atoms with Gasteiger partial charge < -0.3 is 14.5 Å². The van der Waals surface area contributed by atoms with Gasteiger partial charge in [-0.25, -0.2) is 4.68 Å². The van der Waals surface area contributed by atoms with Gasteiger partial charge >= 0.3 is 0 Å². The monoisotopic (exact) mass is 440 g/mol. The summed E-state index contributed by atoms with van der Waals surface area (Å²) in [5.74, 6) is 0.582. The second-order valence-corrected chi connectivity index (χ2v) is 7.18. The van der Waals surface area contributed by atoms with E-state index in [1.807, 2.05) is 17.0 Å². The highest BCUT2D eigenvalue weighted by Crippen LogP contribution is 2.22. The number of hydrogen-bond acceptors (Lipinski definition) is 5. The fraction of sp³-hybridized carbons (Fsp3) is 0.353. The third-order valence-electron chi connectivity index (χ3n) is 4.21. The number of nitrogens with zero attached hydrogens (tertiary/aromatic N) is 4. The molecule has 3 rings (SSSR count). The molecular weight excluding hydrogens is 424 g/mol. The van der Waals surface area contributed by atoms with Gasteiger partial charge in [0.2, 0.25) is 0 Å². The maximum Gasteiger partial charge on any atom is 0.287 e. The van der Waals surface area contributed by atoms with E-state index in [4.69, 9.17) is 16.3 Å². The van der Waals surface area contributed by atoms with E-state index in [2.05, 4.69) is 21.0 Å². The van der Waals surface area contributed by atoms with Gasteiger partial charge in [0.25, 0.3) is 11.5 Å². The van der Waals surface area contributed by atoms with Gasteiger partial charge in [-0.15, -0.1) is 0 Å². The number of carbonyl (C=O) groups is 1. The van der Waals surface area contributed by atoms with Crippen LogP contribution in [0.5, 0.6) is 5.75 Å². The molecule has 1 saturated heterocycles. The lowest BCUT2D eigenvalue weighted by atomic mass is 10.2. The summed E-state index contributed by atoms with van der Waals surface area (Å²) in [6, 6.07) is 7.33. The topological polar surface area (TPSA) is 67.7 Å². The smallest absolute Gasteiger partial charge is 0.287 e. The lowest BCUT2D eigenvalue weighted by Gasteiger charge is -2.36. The average Bonchev–Trinajstić information content (AvgIpc) is 2.66. The number of ether oxygens (including phenoxy) is 1. The molecule has 1 aliphatic heterocycles. The van der Waals surface area contributed by atoms with E-state index < -0.39 is 0 Å². The Morgan fingerprint density at radius 2 is 1.88 bits per heavy atom. The highest BCUT2D eigenvalue weighted by atomic mass is 79.9. The van der Waals surface area contributed by atoms with Crippen LogP contribution in [0.1, 0.15) is 0 Å². The fourth-order valence-electron chi connectivity index (χ4n) is 2.69. The predicted octanol–water partition coefficient (Wildman–Crippen LogP) is 1.92. The molecule has 0 saturated carbocycles. The van der Waals surface area contributed by atoms with Gasteiger partial charge in [0.05, 0.1) is 11.9 Å². The third-order valence-corrected chi connectivity index (χ3v) is 5.09. The van der Waals surface area contributed by atoms with Crippen LogP contribution in [0.2, 0.25) is 5.02 Å². The molecule has 0 spiro atoms. The van der Waals surface area contributed by atoms with Gasteiger partial charge in [-0.1, -0.05) is 27.5 Å². The lowest BCUT2D eigenvalue weighted by Crippen LogP contribution is -2.50. The number of aryl methyl sites for hydroxylation is 1. The second kappa shape index (κ2) is 8.09. The SMILES string of the molecule is Cn1ncc(N2CCN(C(=O)COc3ccc(Br)cc3)CC2)c(Cl)c1=O. The van der Waals surface area contributed by atoms with Crippen LogP contribution in [0.25, 0.3) is 0 Å². The second-order valence-electron chi connectivity index (χ2n) is 5.88. The van der Waals surface area contributed by atoms with Gasteiger partial charge in [0, 0.05) is 37.7 Å². The van der Waals surface area contributed by atoms with Crippen LogP contribution in [0.3, 0.4) is 0 Å². The van der Waals surface area contributed by atoms with Gasteiger partial charge in [0.1, 0.15) is 10.8 Å². The van der Waals surface area contributed by atoms with Crippen molar-refractivity contribution in [3.05, 3.63) is 50.3 Å². The van der Waals surface area contributed by atoms with Crippen molar-refractivity contribution in [1.29, 1.82) is 0 Å². The molecule has 0 aliphatic carbocycles. The van der Waals surface area contributed by atoms with Crippen molar-refractivity contribution >= 4 is 39.1 Å². The zero-order chi connectivity index (χ0) is 18.7. The van der Waals surface area contributed by atoms with Crippen molar-refractivity contribution < 1.29 is 9.53 Å². The first-order valence-corrected chi connectivity index (χ1v) is 9.25. The Hall–Kier alpha value is -2.06. The van der Waals surface area contributed by atoms with Crippen LogP contribution in [-0.2, 0) is 11.8 Å². The fourth-order valence-corrected chi connectivity index (χ4v) is 3.24. The Morgan fingerprint density at radius 1 is 1.23 bits per heavy atom. The van der Waals surface area contributed by atoms with E-state index in [9.17, 15) is 9.59 Å². The van der Waals surface area contributed by atoms with Crippen molar-refractivity contribution in [3.63, 3.8) is 0 Å². The molecule has 0 radical (unpaired) electrons. The Kier molecular flexibility index (Phi) is 5.83. The molecule has 1 amide bonds. The van der Waals surface area contributed by atoms with Crippen molar-refractivity contribution in [2.24, 2.45) is 7.05 Å². The number of aromatic nitrogens is 2. The molecule has 9 heteroatoms. The van der Waals surface area contributed by atoms with Gasteiger partial charge in [-0.2, -0.15) is 5.10 Å². The van der Waals surface area contributed by atoms with E-state index in [0.717, 1.165) is 4.47 Å². The predicted molar refractivity (Wildman–Crippen MR) is 103 cm³/mol. The molecule has 1 aromatic heterocycles. The molecule has 1 aromatic carbocycles. The van der Waals surface area contributed by atoms with Gasteiger partial charge in [-0.3, -0.25) is 9.59 Å². The molecule has 2 aromatic rings. The first kappa shape index (κ1) is 18.7. The summed E-state index contributed by atoms with van der Waals surface area (Å²) in [6.45, 7) is 2.23. The first-order chi connectivity index (χ1) is 12.5. The molecule has 1 fully saturated rings. The van der Waals surface area contributed by atoms with E-state index in [1.165, 1.54) is 4.68 Å². The van der Waals surface area contributed by atoms with Crippen LogP contribution < -0.4 is 15.2 Å². The minimum Gasteiger partial charge on any atom is -0.484 e. The van der Waals surface area contributed by atoms with Gasteiger partial charge in [0.15, 0.2) is 6.61 Å². The summed E-state index contributed by atoms with van der Waals surface area (Å²) < 4.78 is 7.69. The Morgan fingerprint density at radius 3 is 2.54 bits per heavy atom. The highest BCUT2D eigenvalue weighted by molar-refractivity contribution is 9.10. The number of anilines is 1. The number of halogens is 2. The first-order valence-electron chi connectivity index (χ1n) is 8.08. The number of carbonyl (C=O) groups excluding carboxylic acids is 1. The maximum absolute atomic E-state index is 12.3. The largest absolute Gasteiger partial charge is 0.484 e. The van der Waals surface area contributed by atoms with Crippen molar-refractivity contribution in [2.75, 3.05) is 37.7 Å². The molecular formula is C17H18BrClN4O3. The summed E-state index contributed by atoms with van der Waals surface area (Å²) in [5, 5.41) is 4.17. The van der Waals surface area contributed by atoms with Crippen LogP contribution >= 0.6 is 27.5 Å². The molecule has 0 N–H and O–H groups in total. The maximum atomic E-state index is 12.3. The standard InChI is InChI=1S/C17H18BrClN4O3/c1-21-17(25)16(19)14(10-20-21)22-6-8-23(9-7-22)15(24)11-26-13-4-2-12(18)3-5-13/h2-5,10H,6-9,11H2,1H3. The number of piperazine rings is 1. The molecule has 7 nitrogen and oxygen atoms in total. The molecule has 0 atom stereocenters. The molecule has 0 bridgehead atoms. The number of rotatable bonds is 4. The Labute approximate surface area is 164 Å². The molecule has 0 unspecified atom stereocenters.